The highest BCUT2D eigenvalue weighted by Crippen LogP contribution is 2.38. The molecule has 0 saturated heterocycles. The lowest BCUT2D eigenvalue weighted by molar-refractivity contribution is -0.870. The van der Waals surface area contributed by atoms with E-state index in [1.165, 1.54) is 212 Å². The van der Waals surface area contributed by atoms with Crippen LogP contribution in [0.4, 0.5) is 0 Å². The second-order valence-corrected chi connectivity index (χ2v) is 27.0. The highest BCUT2D eigenvalue weighted by atomic mass is 31.2. The van der Waals surface area contributed by atoms with Crippen LogP contribution < -0.4 is 10.2 Å². The molecule has 3 atom stereocenters. The second kappa shape index (κ2) is 66.6. The molecule has 0 aromatic rings. The molecule has 0 aliphatic carbocycles. The standard InChI is InChI=1S/C77H139N2O6P/c1-6-8-10-12-14-16-18-20-22-24-26-28-30-32-33-34-35-36-37-38-39-40-41-42-43-44-45-47-49-51-53-55-57-59-61-63-65-67-69-71-77(81)78-75(74-85-86(82,83)84-73-72-79(3,4)5)76(80)70-68-66-64-62-60-58-56-54-52-50-48-46-31-29-27-25-23-21-19-17-15-13-11-9-7-2/h8,10,14,16,20,22,26,28,32-33,35-36,38-39,41-42,68,70,75-76,80H,6-7,9,11-13,15,17-19,21,23-25,27,29-31,34,37,40,43-67,69,71-74H2,1-5H3,(H-,78,81,82,83)/b10-8-,16-14-,22-20-,28-26-,33-32-,36-35-,39-38-,42-41-,70-68+. The first-order chi connectivity index (χ1) is 42.0. The number of hydrogen-bond acceptors (Lipinski definition) is 6. The number of aliphatic hydroxyl groups excluding tert-OH is 1. The van der Waals surface area contributed by atoms with Crippen LogP contribution in [0, 0.1) is 0 Å². The third kappa shape index (κ3) is 68.6. The molecule has 1 amide bonds. The lowest BCUT2D eigenvalue weighted by Crippen LogP contribution is -2.45. The van der Waals surface area contributed by atoms with Crippen molar-refractivity contribution in [2.75, 3.05) is 40.9 Å². The maximum absolute atomic E-state index is 13.1. The highest BCUT2D eigenvalue weighted by Gasteiger charge is 2.23. The van der Waals surface area contributed by atoms with Crippen molar-refractivity contribution in [2.45, 2.75) is 334 Å². The Kier molecular flexibility index (Phi) is 64.4. The molecule has 0 radical (unpaired) electrons. The zero-order valence-electron chi connectivity index (χ0n) is 57.0. The van der Waals surface area contributed by atoms with Crippen molar-refractivity contribution >= 4 is 13.7 Å². The van der Waals surface area contributed by atoms with E-state index in [4.69, 9.17) is 9.05 Å². The van der Waals surface area contributed by atoms with E-state index in [1.807, 2.05) is 27.2 Å². The van der Waals surface area contributed by atoms with Crippen molar-refractivity contribution in [2.24, 2.45) is 0 Å². The predicted molar refractivity (Wildman–Crippen MR) is 376 cm³/mol. The minimum Gasteiger partial charge on any atom is -0.756 e. The molecule has 498 valence electrons. The number of carbonyl (C=O) groups is 1. The summed E-state index contributed by atoms with van der Waals surface area (Å²) in [7, 11) is 1.26. The van der Waals surface area contributed by atoms with E-state index < -0.39 is 20.0 Å². The summed E-state index contributed by atoms with van der Waals surface area (Å²) < 4.78 is 23.5. The van der Waals surface area contributed by atoms with Crippen LogP contribution >= 0.6 is 7.82 Å². The van der Waals surface area contributed by atoms with Crippen LogP contribution in [-0.4, -0.2) is 68.5 Å². The van der Waals surface area contributed by atoms with Crippen LogP contribution in [0.25, 0.3) is 0 Å². The maximum atomic E-state index is 13.1. The van der Waals surface area contributed by atoms with Gasteiger partial charge in [-0.25, -0.2) is 0 Å². The van der Waals surface area contributed by atoms with Gasteiger partial charge in [0.25, 0.3) is 7.82 Å². The fourth-order valence-electron chi connectivity index (χ4n) is 10.4. The molecule has 3 unspecified atom stereocenters. The third-order valence-corrected chi connectivity index (χ3v) is 17.0. The van der Waals surface area contributed by atoms with Crippen LogP contribution in [0.2, 0.25) is 0 Å². The number of quaternary nitrogens is 1. The van der Waals surface area contributed by atoms with Gasteiger partial charge in [-0.2, -0.15) is 0 Å². The van der Waals surface area contributed by atoms with E-state index in [1.54, 1.807) is 6.08 Å². The molecule has 0 saturated carbocycles. The molecule has 0 aromatic carbocycles. The summed E-state index contributed by atoms with van der Waals surface area (Å²) >= 11 is 0. The van der Waals surface area contributed by atoms with E-state index in [-0.39, 0.29) is 19.1 Å². The molecule has 8 nitrogen and oxygen atoms in total. The molecule has 0 fully saturated rings. The van der Waals surface area contributed by atoms with E-state index in [9.17, 15) is 19.4 Å². The average Bonchev–Trinajstić information content (AvgIpc) is 3.70. The molecule has 0 rings (SSSR count). The molecular formula is C77H139N2O6P. The van der Waals surface area contributed by atoms with Crippen molar-refractivity contribution < 1.29 is 32.9 Å². The monoisotopic (exact) mass is 1220 g/mol. The summed E-state index contributed by atoms with van der Waals surface area (Å²) in [4.78, 5) is 25.7. The molecule has 0 heterocycles. The van der Waals surface area contributed by atoms with Crippen molar-refractivity contribution in [1.29, 1.82) is 0 Å². The number of phosphoric ester groups is 1. The molecule has 2 N–H and O–H groups in total. The minimum atomic E-state index is -4.61. The Morgan fingerprint density at radius 1 is 0.419 bits per heavy atom. The molecule has 0 aromatic heterocycles. The molecule has 86 heavy (non-hydrogen) atoms. The number of phosphoric acid groups is 1. The van der Waals surface area contributed by atoms with Gasteiger partial charge in [0.05, 0.1) is 39.9 Å². The number of nitrogens with zero attached hydrogens (tertiary/aromatic N) is 1. The smallest absolute Gasteiger partial charge is 0.268 e. The minimum absolute atomic E-state index is 0.00384. The SMILES string of the molecule is CC/C=C\C/C=C\C/C=C\C/C=C\C/C=C\C/C=C\C/C=C\C/C=C\CCCCCCCCCCCCCCCCC(=O)NC(COP(=O)([O-])OCC[N+](C)(C)C)C(O)/C=C/CCCCCCCCCCCCCCCCCCCCCCCCC. The number of nitrogens with one attached hydrogen (secondary N) is 1. The van der Waals surface area contributed by atoms with E-state index >= 15 is 0 Å². The molecule has 0 aliphatic rings. The van der Waals surface area contributed by atoms with Gasteiger partial charge in [0, 0.05) is 6.42 Å². The summed E-state index contributed by atoms with van der Waals surface area (Å²) in [6, 6.07) is -0.894. The number of carbonyl (C=O) groups excluding carboxylic acids is 1. The summed E-state index contributed by atoms with van der Waals surface area (Å²) in [5.74, 6) is -0.197. The van der Waals surface area contributed by atoms with Crippen molar-refractivity contribution in [3.63, 3.8) is 0 Å². The molecule has 0 bridgehead atoms. The van der Waals surface area contributed by atoms with E-state index in [0.717, 1.165) is 89.9 Å². The zero-order valence-corrected chi connectivity index (χ0v) is 57.9. The van der Waals surface area contributed by atoms with Crippen LogP contribution in [0.15, 0.2) is 109 Å². The Balaban J connectivity index is 4.06. The summed E-state index contributed by atoms with van der Waals surface area (Å²) in [6.45, 7) is 4.57. The van der Waals surface area contributed by atoms with Gasteiger partial charge in [-0.1, -0.05) is 342 Å². The Labute approximate surface area is 533 Å². The quantitative estimate of drug-likeness (QED) is 0.0272. The van der Waals surface area contributed by atoms with Gasteiger partial charge in [-0.05, 0) is 83.5 Å². The van der Waals surface area contributed by atoms with Gasteiger partial charge in [0.15, 0.2) is 0 Å². The van der Waals surface area contributed by atoms with Gasteiger partial charge in [-0.3, -0.25) is 9.36 Å². The first kappa shape index (κ1) is 83.2. The van der Waals surface area contributed by atoms with Crippen LogP contribution in [0.1, 0.15) is 322 Å². The number of aliphatic hydroxyl groups is 1. The summed E-state index contributed by atoms with van der Waals surface area (Å²) in [5.41, 5.74) is 0. The van der Waals surface area contributed by atoms with Crippen LogP contribution in [0.3, 0.4) is 0 Å². The number of amides is 1. The molecule has 9 heteroatoms. The zero-order chi connectivity index (χ0) is 62.6. The van der Waals surface area contributed by atoms with Gasteiger partial charge in [0.1, 0.15) is 13.2 Å². The first-order valence-corrected chi connectivity index (χ1v) is 37.7. The highest BCUT2D eigenvalue weighted by molar-refractivity contribution is 7.45. The second-order valence-electron chi connectivity index (χ2n) is 25.6. The number of allylic oxidation sites excluding steroid dienone is 17. The lowest BCUT2D eigenvalue weighted by Gasteiger charge is -2.29. The molecular weight excluding hydrogens is 1080 g/mol. The summed E-state index contributed by atoms with van der Waals surface area (Å²) in [6.07, 6.45) is 97.8. The number of unbranched alkanes of at least 4 members (excludes halogenated alkanes) is 37. The average molecular weight is 1220 g/mol. The van der Waals surface area contributed by atoms with Gasteiger partial charge in [0.2, 0.25) is 5.91 Å². The number of rotatable bonds is 66. The fraction of sp³-hybridized carbons (Fsp3) is 0.753. The molecule has 0 spiro atoms. The third-order valence-electron chi connectivity index (χ3n) is 16.0. The van der Waals surface area contributed by atoms with Gasteiger partial charge < -0.3 is 28.8 Å². The van der Waals surface area contributed by atoms with Crippen molar-refractivity contribution in [1.82, 2.24) is 5.32 Å². The van der Waals surface area contributed by atoms with E-state index in [0.29, 0.717) is 17.4 Å². The van der Waals surface area contributed by atoms with Crippen LogP contribution in [0.5, 0.6) is 0 Å². The normalized spacial score (nSPS) is 14.3. The fourth-order valence-corrected chi connectivity index (χ4v) is 11.1. The first-order valence-electron chi connectivity index (χ1n) is 36.2. The Morgan fingerprint density at radius 3 is 1.03 bits per heavy atom. The Morgan fingerprint density at radius 2 is 0.709 bits per heavy atom. The largest absolute Gasteiger partial charge is 0.756 e. The predicted octanol–water partition coefficient (Wildman–Crippen LogP) is 22.8. The topological polar surface area (TPSA) is 108 Å². The Hall–Kier alpha value is -2.84. The van der Waals surface area contributed by atoms with Gasteiger partial charge in [-0.15, -0.1) is 0 Å². The Bertz CT molecular complexity index is 1770. The van der Waals surface area contributed by atoms with Gasteiger partial charge >= 0.3 is 0 Å². The lowest BCUT2D eigenvalue weighted by atomic mass is 10.0. The van der Waals surface area contributed by atoms with Crippen molar-refractivity contribution in [3.8, 4) is 0 Å². The molecule has 0 aliphatic heterocycles. The van der Waals surface area contributed by atoms with Crippen LogP contribution in [-0.2, 0) is 18.4 Å². The summed E-state index contributed by atoms with van der Waals surface area (Å²) in [5, 5.41) is 14.0. The number of hydrogen-bond donors (Lipinski definition) is 2. The maximum Gasteiger partial charge on any atom is 0.268 e. The van der Waals surface area contributed by atoms with Crippen molar-refractivity contribution in [3.05, 3.63) is 109 Å². The van der Waals surface area contributed by atoms with E-state index in [2.05, 4.69) is 116 Å². The number of likely N-dealkylation sites (N-methyl/N-ethyl adjacent to an activating group) is 1.